The van der Waals surface area contributed by atoms with Gasteiger partial charge >= 0.3 is 0 Å². The van der Waals surface area contributed by atoms with Gasteiger partial charge in [0, 0.05) is 23.7 Å². The number of amides is 1. The number of hydrogen-bond acceptors (Lipinski definition) is 5. The summed E-state index contributed by atoms with van der Waals surface area (Å²) in [5.41, 5.74) is 0.0187. The summed E-state index contributed by atoms with van der Waals surface area (Å²) >= 11 is 3.23. The summed E-state index contributed by atoms with van der Waals surface area (Å²) < 4.78 is 29.9. The molecule has 4 aliphatic rings. The lowest BCUT2D eigenvalue weighted by Crippen LogP contribution is -2.47. The number of hydrogen-bond donors (Lipinski definition) is 2. The molecule has 3 aliphatic carbocycles. The Morgan fingerprint density at radius 3 is 2.50 bits per heavy atom. The zero-order valence-corrected chi connectivity index (χ0v) is 17.8. The Morgan fingerprint density at radius 2 is 1.87 bits per heavy atom. The smallest absolute Gasteiger partial charge is 0.263 e. The van der Waals surface area contributed by atoms with Crippen molar-refractivity contribution in [3.05, 3.63) is 22.9 Å². The summed E-state index contributed by atoms with van der Waals surface area (Å²) in [6, 6.07) is 3.37. The van der Waals surface area contributed by atoms with Gasteiger partial charge in [-0.25, -0.2) is 13.8 Å². The number of nitrogens with zero attached hydrogens (tertiary/aromatic N) is 1. The van der Waals surface area contributed by atoms with Crippen LogP contribution in [0.15, 0.2) is 22.9 Å². The molecule has 7 atom stereocenters. The molecule has 3 unspecified atom stereocenters. The van der Waals surface area contributed by atoms with E-state index in [9.17, 15) is 23.5 Å². The highest BCUT2D eigenvalue weighted by Crippen LogP contribution is 2.79. The summed E-state index contributed by atoms with van der Waals surface area (Å²) in [5, 5.41) is 17.6. The molecular weight excluding hydrogens is 460 g/mol. The second-order valence-electron chi connectivity index (χ2n) is 9.28. The number of nitrogens with one attached hydrogen (secondary N) is 2. The van der Waals surface area contributed by atoms with Crippen LogP contribution in [0.3, 0.4) is 0 Å². The topological polar surface area (TPSA) is 94.1 Å². The summed E-state index contributed by atoms with van der Waals surface area (Å²) in [5.74, 6) is -7.51. The number of carbonyl (C=O) groups is 2. The molecule has 3 saturated carbocycles. The first-order chi connectivity index (χ1) is 14.3. The number of rotatable bonds is 4. The van der Waals surface area contributed by atoms with Gasteiger partial charge in [0.1, 0.15) is 4.60 Å². The van der Waals surface area contributed by atoms with E-state index in [-0.39, 0.29) is 30.2 Å². The molecule has 1 saturated heterocycles. The second-order valence-corrected chi connectivity index (χ2v) is 10.1. The molecule has 0 aromatic carbocycles. The van der Waals surface area contributed by atoms with Gasteiger partial charge in [0.25, 0.3) is 5.92 Å². The van der Waals surface area contributed by atoms with Gasteiger partial charge in [-0.3, -0.25) is 4.79 Å². The number of halogens is 3. The Labute approximate surface area is 181 Å². The fraction of sp³-hybridized carbons (Fsp3) is 0.667. The molecule has 2 bridgehead atoms. The third-order valence-electron chi connectivity index (χ3n) is 8.12. The van der Waals surface area contributed by atoms with Crippen LogP contribution in [-0.2, 0) is 9.59 Å². The number of carbonyl (C=O) groups excluding carboxylic acids is 2. The third-order valence-corrected chi connectivity index (χ3v) is 8.59. The number of carboxylic acid groups (broad SMARTS) is 1. The van der Waals surface area contributed by atoms with Crippen molar-refractivity contribution < 1.29 is 23.5 Å². The van der Waals surface area contributed by atoms with Gasteiger partial charge in [-0.05, 0) is 83.5 Å². The number of carboxylic acids is 1. The molecule has 1 amide bonds. The van der Waals surface area contributed by atoms with E-state index in [1.807, 2.05) is 0 Å². The number of aromatic nitrogens is 1. The minimum Gasteiger partial charge on any atom is -0.550 e. The minimum atomic E-state index is -2.80. The maximum Gasteiger partial charge on any atom is 0.263 e. The van der Waals surface area contributed by atoms with E-state index in [1.165, 1.54) is 6.20 Å². The monoisotopic (exact) mass is 482 g/mol. The van der Waals surface area contributed by atoms with Gasteiger partial charge < -0.3 is 20.5 Å². The number of piperidine rings is 1. The molecule has 2 N–H and O–H groups in total. The molecule has 0 radical (unpaired) electrons. The van der Waals surface area contributed by atoms with Crippen LogP contribution in [-0.4, -0.2) is 35.9 Å². The number of aliphatic carboxylic acids is 1. The Balaban J connectivity index is 1.42. The van der Waals surface area contributed by atoms with Gasteiger partial charge in [-0.15, -0.1) is 0 Å². The summed E-state index contributed by atoms with van der Waals surface area (Å²) in [6.07, 6.45) is 3.85. The van der Waals surface area contributed by atoms with E-state index in [1.54, 1.807) is 12.1 Å². The molecule has 9 heteroatoms. The average molecular weight is 483 g/mol. The van der Waals surface area contributed by atoms with Crippen molar-refractivity contribution in [2.24, 2.45) is 40.9 Å². The standard InChI is InChI=1S/C21H24BrF2N3O3/c22-15-4-1-10(8-26-15)27-18(28)16-12-2-3-13(17(16)19(29)30)20(12)7-14(20)11-5-6-25-9-21(11,23)24/h1,4,8,11-14,16-17,25H,2-3,5-7,9H2,(H,27,28)(H,29,30)/p-1/t11?,12-,13+,14?,16+,17+,20?/m0/s1. The molecule has 5 rings (SSSR count). The van der Waals surface area contributed by atoms with Crippen LogP contribution in [0.1, 0.15) is 25.7 Å². The van der Waals surface area contributed by atoms with E-state index in [0.29, 0.717) is 42.5 Å². The third kappa shape index (κ3) is 2.92. The largest absolute Gasteiger partial charge is 0.550 e. The van der Waals surface area contributed by atoms with E-state index in [2.05, 4.69) is 31.5 Å². The first kappa shape index (κ1) is 20.3. The second kappa shape index (κ2) is 6.95. The van der Waals surface area contributed by atoms with E-state index < -0.39 is 35.1 Å². The lowest BCUT2D eigenvalue weighted by Gasteiger charge is -2.34. The van der Waals surface area contributed by atoms with Crippen LogP contribution < -0.4 is 15.7 Å². The van der Waals surface area contributed by atoms with Crippen molar-refractivity contribution >= 4 is 33.5 Å². The van der Waals surface area contributed by atoms with Gasteiger partial charge in [0.05, 0.1) is 18.4 Å². The molecule has 30 heavy (non-hydrogen) atoms. The Bertz CT molecular complexity index is 883. The Morgan fingerprint density at radius 1 is 1.13 bits per heavy atom. The van der Waals surface area contributed by atoms with Gasteiger partial charge in [0.2, 0.25) is 5.91 Å². The summed E-state index contributed by atoms with van der Waals surface area (Å²) in [4.78, 5) is 29.3. The molecule has 4 fully saturated rings. The molecule has 1 spiro atoms. The molecule has 162 valence electrons. The predicted molar refractivity (Wildman–Crippen MR) is 105 cm³/mol. The normalized spacial score (nSPS) is 41.0. The van der Waals surface area contributed by atoms with Crippen LogP contribution in [0.25, 0.3) is 0 Å². The number of anilines is 1. The Hall–Kier alpha value is -1.61. The molecule has 1 aromatic heterocycles. The maximum atomic E-state index is 14.6. The van der Waals surface area contributed by atoms with E-state index in [4.69, 9.17) is 0 Å². The highest BCUT2D eigenvalue weighted by Gasteiger charge is 2.77. The van der Waals surface area contributed by atoms with Crippen molar-refractivity contribution in [2.45, 2.75) is 31.6 Å². The van der Waals surface area contributed by atoms with Crippen molar-refractivity contribution in [3.8, 4) is 0 Å². The van der Waals surface area contributed by atoms with Gasteiger partial charge in [0.15, 0.2) is 0 Å². The zero-order valence-electron chi connectivity index (χ0n) is 16.2. The molecule has 2 heterocycles. The average Bonchev–Trinajstić information content (AvgIpc) is 3.24. The summed E-state index contributed by atoms with van der Waals surface area (Å²) in [7, 11) is 0. The SMILES string of the molecule is O=C([O-])[C@H]1[C@H](C(=O)Nc2ccc(Br)nc2)[C@@H]2CC[C@H]1C21CC1C1CCNCC1(F)F. The van der Waals surface area contributed by atoms with Crippen molar-refractivity contribution in [2.75, 3.05) is 18.4 Å². The van der Waals surface area contributed by atoms with Crippen LogP contribution in [0, 0.1) is 40.9 Å². The lowest BCUT2D eigenvalue weighted by molar-refractivity contribution is -0.314. The fourth-order valence-electron chi connectivity index (χ4n) is 7.07. The molecular formula is C21H23BrF2N3O3-. The van der Waals surface area contributed by atoms with Gasteiger partial charge in [-0.2, -0.15) is 0 Å². The quantitative estimate of drug-likeness (QED) is 0.640. The molecule has 6 nitrogen and oxygen atoms in total. The van der Waals surface area contributed by atoms with Crippen LogP contribution in [0.5, 0.6) is 0 Å². The number of alkyl halides is 2. The van der Waals surface area contributed by atoms with Gasteiger partial charge in [-0.1, -0.05) is 0 Å². The summed E-state index contributed by atoms with van der Waals surface area (Å²) in [6.45, 7) is 0.219. The Kier molecular flexibility index (Phi) is 4.70. The predicted octanol–water partition coefficient (Wildman–Crippen LogP) is 2.06. The molecule has 1 aromatic rings. The number of pyridine rings is 1. The first-order valence-corrected chi connectivity index (χ1v) is 11.3. The van der Waals surface area contributed by atoms with Crippen molar-refractivity contribution in [1.82, 2.24) is 10.3 Å². The van der Waals surface area contributed by atoms with Crippen LogP contribution >= 0.6 is 15.9 Å². The van der Waals surface area contributed by atoms with Crippen molar-refractivity contribution in [3.63, 3.8) is 0 Å². The lowest BCUT2D eigenvalue weighted by atomic mass is 9.78. The molecule has 1 aliphatic heterocycles. The van der Waals surface area contributed by atoms with Crippen molar-refractivity contribution in [1.29, 1.82) is 0 Å². The highest BCUT2D eigenvalue weighted by molar-refractivity contribution is 9.10. The van der Waals surface area contributed by atoms with Crippen LogP contribution in [0.2, 0.25) is 0 Å². The minimum absolute atomic E-state index is 0.190. The van der Waals surface area contributed by atoms with E-state index in [0.717, 1.165) is 0 Å². The fourth-order valence-corrected chi connectivity index (χ4v) is 7.31. The van der Waals surface area contributed by atoms with E-state index >= 15 is 0 Å². The van der Waals surface area contributed by atoms with Crippen LogP contribution in [0.4, 0.5) is 14.5 Å². The highest BCUT2D eigenvalue weighted by atomic mass is 79.9. The zero-order chi connectivity index (χ0) is 21.3. The first-order valence-electron chi connectivity index (χ1n) is 10.5. The maximum absolute atomic E-state index is 14.6.